The van der Waals surface area contributed by atoms with Gasteiger partial charge in [-0.3, -0.25) is 0 Å². The number of nitrogens with zero attached hydrogens (tertiary/aromatic N) is 1. The van der Waals surface area contributed by atoms with E-state index in [1.807, 2.05) is 6.07 Å². The van der Waals surface area contributed by atoms with Crippen molar-refractivity contribution in [2.24, 2.45) is 0 Å². The van der Waals surface area contributed by atoms with Crippen molar-refractivity contribution in [1.29, 1.82) is 5.26 Å². The molecule has 0 amide bonds. The Kier molecular flexibility index (Phi) is 4.35. The molecule has 0 aromatic heterocycles. The molecule has 3 nitrogen and oxygen atoms in total. The van der Waals surface area contributed by atoms with Gasteiger partial charge in [0.1, 0.15) is 18.2 Å². The standard InChI is InChI=1S/C15H13FN2O/c16-13-3-5-14(6-4-13)18-9-10-19-15-7-1-12(11-17)2-8-15/h1-8,18H,9-10H2. The van der Waals surface area contributed by atoms with Gasteiger partial charge in [-0.05, 0) is 48.5 Å². The summed E-state index contributed by atoms with van der Waals surface area (Å²) in [6.45, 7) is 1.11. The van der Waals surface area contributed by atoms with E-state index in [1.165, 1.54) is 12.1 Å². The van der Waals surface area contributed by atoms with Gasteiger partial charge < -0.3 is 10.1 Å². The Labute approximate surface area is 111 Å². The molecule has 0 saturated carbocycles. The number of nitriles is 1. The van der Waals surface area contributed by atoms with E-state index in [9.17, 15) is 4.39 Å². The van der Waals surface area contributed by atoms with Gasteiger partial charge in [-0.15, -0.1) is 0 Å². The normalized spacial score (nSPS) is 9.68. The fourth-order valence-electron chi connectivity index (χ4n) is 1.56. The Hall–Kier alpha value is -2.54. The molecule has 0 aliphatic rings. The van der Waals surface area contributed by atoms with Crippen LogP contribution < -0.4 is 10.1 Å². The van der Waals surface area contributed by atoms with Crippen LogP contribution in [0.25, 0.3) is 0 Å². The molecule has 0 aliphatic carbocycles. The fraction of sp³-hybridized carbons (Fsp3) is 0.133. The molecule has 0 atom stereocenters. The summed E-state index contributed by atoms with van der Waals surface area (Å²) in [5.41, 5.74) is 1.46. The van der Waals surface area contributed by atoms with Crippen molar-refractivity contribution in [1.82, 2.24) is 0 Å². The van der Waals surface area contributed by atoms with Crippen LogP contribution in [0.3, 0.4) is 0 Å². The molecule has 0 bridgehead atoms. The molecular weight excluding hydrogens is 243 g/mol. The van der Waals surface area contributed by atoms with Crippen molar-refractivity contribution in [3.63, 3.8) is 0 Å². The minimum Gasteiger partial charge on any atom is -0.492 e. The molecule has 0 saturated heterocycles. The van der Waals surface area contributed by atoms with Crippen LogP contribution in [0.15, 0.2) is 48.5 Å². The Bertz CT molecular complexity index is 558. The van der Waals surface area contributed by atoms with Crippen LogP contribution in [0.1, 0.15) is 5.56 Å². The minimum absolute atomic E-state index is 0.251. The third-order valence-corrected chi connectivity index (χ3v) is 2.53. The first-order valence-corrected chi connectivity index (χ1v) is 5.90. The summed E-state index contributed by atoms with van der Waals surface area (Å²) >= 11 is 0. The number of rotatable bonds is 5. The summed E-state index contributed by atoms with van der Waals surface area (Å²) < 4.78 is 18.2. The van der Waals surface area contributed by atoms with Crippen LogP contribution in [0.5, 0.6) is 5.75 Å². The molecular formula is C15H13FN2O. The highest BCUT2D eigenvalue weighted by Crippen LogP contribution is 2.11. The van der Waals surface area contributed by atoms with Crippen LogP contribution in [-0.4, -0.2) is 13.2 Å². The van der Waals surface area contributed by atoms with Crippen LogP contribution >= 0.6 is 0 Å². The second-order valence-electron chi connectivity index (χ2n) is 3.92. The first kappa shape index (κ1) is 12.9. The zero-order chi connectivity index (χ0) is 13.5. The zero-order valence-corrected chi connectivity index (χ0v) is 10.3. The maximum atomic E-state index is 12.7. The molecule has 0 aliphatic heterocycles. The quantitative estimate of drug-likeness (QED) is 0.835. The van der Waals surface area contributed by atoms with Gasteiger partial charge in [0.15, 0.2) is 0 Å². The molecule has 1 N–H and O–H groups in total. The highest BCUT2D eigenvalue weighted by atomic mass is 19.1. The third-order valence-electron chi connectivity index (χ3n) is 2.53. The molecule has 2 aromatic carbocycles. The molecule has 4 heteroatoms. The van der Waals surface area contributed by atoms with Crippen molar-refractivity contribution in [3.05, 3.63) is 59.9 Å². The first-order valence-electron chi connectivity index (χ1n) is 5.90. The molecule has 0 radical (unpaired) electrons. The predicted octanol–water partition coefficient (Wildman–Crippen LogP) is 3.19. The van der Waals surface area contributed by atoms with Crippen molar-refractivity contribution < 1.29 is 9.13 Å². The molecule has 0 heterocycles. The van der Waals surface area contributed by atoms with Crippen LogP contribution in [-0.2, 0) is 0 Å². The SMILES string of the molecule is N#Cc1ccc(OCCNc2ccc(F)cc2)cc1. The summed E-state index contributed by atoms with van der Waals surface area (Å²) in [7, 11) is 0. The fourth-order valence-corrected chi connectivity index (χ4v) is 1.56. The number of halogens is 1. The number of benzene rings is 2. The van der Waals surface area contributed by atoms with Crippen molar-refractivity contribution in [2.75, 3.05) is 18.5 Å². The van der Waals surface area contributed by atoms with E-state index in [0.717, 1.165) is 11.4 Å². The second kappa shape index (κ2) is 6.41. The monoisotopic (exact) mass is 256 g/mol. The second-order valence-corrected chi connectivity index (χ2v) is 3.92. The summed E-state index contributed by atoms with van der Waals surface area (Å²) in [6.07, 6.45) is 0. The molecule has 19 heavy (non-hydrogen) atoms. The molecule has 96 valence electrons. The highest BCUT2D eigenvalue weighted by molar-refractivity contribution is 5.42. The maximum absolute atomic E-state index is 12.7. The maximum Gasteiger partial charge on any atom is 0.123 e. The molecule has 0 fully saturated rings. The van der Waals surface area contributed by atoms with Crippen molar-refractivity contribution in [2.45, 2.75) is 0 Å². The van der Waals surface area contributed by atoms with E-state index in [4.69, 9.17) is 10.00 Å². The molecule has 0 spiro atoms. The largest absolute Gasteiger partial charge is 0.492 e. The van der Waals surface area contributed by atoms with Crippen molar-refractivity contribution in [3.8, 4) is 11.8 Å². The molecule has 2 rings (SSSR count). The van der Waals surface area contributed by atoms with Crippen LogP contribution in [0.2, 0.25) is 0 Å². The van der Waals surface area contributed by atoms with Gasteiger partial charge in [-0.2, -0.15) is 5.26 Å². The van der Waals surface area contributed by atoms with Gasteiger partial charge in [-0.25, -0.2) is 4.39 Å². The Balaban J connectivity index is 1.74. The molecule has 2 aromatic rings. The van der Waals surface area contributed by atoms with Gasteiger partial charge in [0, 0.05) is 12.2 Å². The van der Waals surface area contributed by atoms with Gasteiger partial charge in [0.25, 0.3) is 0 Å². The van der Waals surface area contributed by atoms with Crippen LogP contribution in [0.4, 0.5) is 10.1 Å². The number of nitrogens with one attached hydrogen (secondary N) is 1. The van der Waals surface area contributed by atoms with Gasteiger partial charge in [0.2, 0.25) is 0 Å². The summed E-state index contributed by atoms with van der Waals surface area (Å²) in [5.74, 6) is 0.472. The highest BCUT2D eigenvalue weighted by Gasteiger charge is 1.96. The molecule has 0 unspecified atom stereocenters. The lowest BCUT2D eigenvalue weighted by Gasteiger charge is -2.08. The number of hydrogen-bond acceptors (Lipinski definition) is 3. The lowest BCUT2D eigenvalue weighted by molar-refractivity contribution is 0.333. The number of hydrogen-bond donors (Lipinski definition) is 1. The Morgan fingerprint density at radius 1 is 1.05 bits per heavy atom. The minimum atomic E-state index is -0.251. The summed E-state index contributed by atoms with van der Waals surface area (Å²) in [5, 5.41) is 11.8. The van der Waals surface area contributed by atoms with E-state index in [1.54, 1.807) is 36.4 Å². The topological polar surface area (TPSA) is 45.0 Å². The summed E-state index contributed by atoms with van der Waals surface area (Å²) in [4.78, 5) is 0. The van der Waals surface area contributed by atoms with Gasteiger partial charge >= 0.3 is 0 Å². The Morgan fingerprint density at radius 2 is 1.74 bits per heavy atom. The van der Waals surface area contributed by atoms with E-state index >= 15 is 0 Å². The predicted molar refractivity (Wildman–Crippen MR) is 71.5 cm³/mol. The lowest BCUT2D eigenvalue weighted by atomic mass is 10.2. The average Bonchev–Trinajstić information content (AvgIpc) is 2.46. The zero-order valence-electron chi connectivity index (χ0n) is 10.3. The van der Waals surface area contributed by atoms with E-state index in [2.05, 4.69) is 5.32 Å². The van der Waals surface area contributed by atoms with E-state index in [0.29, 0.717) is 18.7 Å². The first-order chi connectivity index (χ1) is 9.28. The number of anilines is 1. The van der Waals surface area contributed by atoms with Gasteiger partial charge in [-0.1, -0.05) is 0 Å². The average molecular weight is 256 g/mol. The Morgan fingerprint density at radius 3 is 2.37 bits per heavy atom. The van der Waals surface area contributed by atoms with E-state index < -0.39 is 0 Å². The van der Waals surface area contributed by atoms with Crippen molar-refractivity contribution >= 4 is 5.69 Å². The van der Waals surface area contributed by atoms with Gasteiger partial charge in [0.05, 0.1) is 11.6 Å². The van der Waals surface area contributed by atoms with E-state index in [-0.39, 0.29) is 5.82 Å². The lowest BCUT2D eigenvalue weighted by Crippen LogP contribution is -2.11. The number of ether oxygens (including phenoxy) is 1. The summed E-state index contributed by atoms with van der Waals surface area (Å²) in [6, 6.07) is 15.2. The third kappa shape index (κ3) is 4.00. The smallest absolute Gasteiger partial charge is 0.123 e. The van der Waals surface area contributed by atoms with Crippen LogP contribution in [0, 0.1) is 17.1 Å².